The molecule has 0 radical (unpaired) electrons. The molecule has 2 N–H and O–H groups in total. The van der Waals surface area contributed by atoms with Gasteiger partial charge in [0.05, 0.1) is 0 Å². The van der Waals surface area contributed by atoms with Gasteiger partial charge in [-0.15, -0.1) is 0 Å². The summed E-state index contributed by atoms with van der Waals surface area (Å²) in [6.45, 7) is 2.87. The van der Waals surface area contributed by atoms with Crippen LogP contribution in [0.1, 0.15) is 18.2 Å². The van der Waals surface area contributed by atoms with Crippen molar-refractivity contribution >= 4 is 22.5 Å². The predicted octanol–water partition coefficient (Wildman–Crippen LogP) is 2.90. The number of aromatic nitrogens is 1. The van der Waals surface area contributed by atoms with Crippen molar-refractivity contribution in [2.45, 2.75) is 19.8 Å². The molecule has 0 spiro atoms. The molecule has 0 amide bonds. The monoisotopic (exact) mass is 236 g/mol. The number of halogens is 1. The Labute approximate surface area is 101 Å². The summed E-state index contributed by atoms with van der Waals surface area (Å²) in [4.78, 5) is 0. The van der Waals surface area contributed by atoms with Crippen molar-refractivity contribution in [3.8, 4) is 0 Å². The van der Waals surface area contributed by atoms with Crippen LogP contribution in [0.5, 0.6) is 0 Å². The molecule has 0 aliphatic carbocycles. The highest BCUT2D eigenvalue weighted by molar-refractivity contribution is 6.31. The number of rotatable bonds is 3. The minimum Gasteiger partial charge on any atom is -0.347 e. The number of hydrogen-bond acceptors (Lipinski definition) is 1. The van der Waals surface area contributed by atoms with Gasteiger partial charge in [-0.05, 0) is 37.1 Å². The van der Waals surface area contributed by atoms with E-state index in [0.29, 0.717) is 6.54 Å². The smallest absolute Gasteiger partial charge is 0.0497 e. The average Bonchev–Trinajstić information content (AvgIpc) is 2.53. The van der Waals surface area contributed by atoms with Gasteiger partial charge in [0.15, 0.2) is 0 Å². The molecule has 0 fully saturated rings. The maximum atomic E-state index is 6.03. The van der Waals surface area contributed by atoms with Gasteiger partial charge in [0, 0.05) is 28.7 Å². The summed E-state index contributed by atoms with van der Waals surface area (Å²) in [5.74, 6) is 0. The zero-order valence-electron chi connectivity index (χ0n) is 9.76. The number of fused-ring (bicyclic) bond motifs is 1. The zero-order valence-corrected chi connectivity index (χ0v) is 10.5. The maximum absolute atomic E-state index is 6.03. The molecule has 1 aromatic carbocycles. The molecule has 0 aliphatic rings. The van der Waals surface area contributed by atoms with Crippen molar-refractivity contribution in [3.63, 3.8) is 0 Å². The van der Waals surface area contributed by atoms with E-state index in [9.17, 15) is 0 Å². The summed E-state index contributed by atoms with van der Waals surface area (Å²) >= 11 is 6.03. The lowest BCUT2D eigenvalue weighted by atomic mass is 10.1. The second-order valence-corrected chi connectivity index (χ2v) is 4.47. The van der Waals surface area contributed by atoms with Crippen molar-refractivity contribution < 1.29 is 0 Å². The minimum absolute atomic E-state index is 0.689. The van der Waals surface area contributed by atoms with Crippen molar-refractivity contribution in [1.82, 2.24) is 4.57 Å². The zero-order chi connectivity index (χ0) is 11.7. The topological polar surface area (TPSA) is 30.9 Å². The van der Waals surface area contributed by atoms with Gasteiger partial charge in [0.25, 0.3) is 0 Å². The number of benzene rings is 1. The lowest BCUT2D eigenvalue weighted by Crippen LogP contribution is -2.05. The molecule has 0 bridgehead atoms. The Bertz CT molecular complexity index is 514. The summed E-state index contributed by atoms with van der Waals surface area (Å²) in [6.07, 6.45) is 1.96. The molecule has 0 atom stereocenters. The summed E-state index contributed by atoms with van der Waals surface area (Å²) in [7, 11) is 2.09. The van der Waals surface area contributed by atoms with Crippen LogP contribution in [0.2, 0.25) is 5.02 Å². The van der Waals surface area contributed by atoms with Crippen LogP contribution in [0, 0.1) is 0 Å². The Hall–Kier alpha value is -0.990. The van der Waals surface area contributed by atoms with Crippen molar-refractivity contribution in [1.29, 1.82) is 0 Å². The highest BCUT2D eigenvalue weighted by Gasteiger charge is 2.12. The van der Waals surface area contributed by atoms with E-state index >= 15 is 0 Å². The number of nitrogens with two attached hydrogens (primary N) is 1. The normalized spacial score (nSPS) is 11.2. The predicted molar refractivity (Wildman–Crippen MR) is 70.1 cm³/mol. The largest absolute Gasteiger partial charge is 0.347 e. The van der Waals surface area contributed by atoms with Gasteiger partial charge in [-0.25, -0.2) is 0 Å². The molecule has 2 nitrogen and oxygen atoms in total. The molecule has 0 aliphatic heterocycles. The Morgan fingerprint density at radius 2 is 2.12 bits per heavy atom. The molecule has 1 heterocycles. The van der Waals surface area contributed by atoms with Crippen molar-refractivity contribution in [2.75, 3.05) is 6.54 Å². The quantitative estimate of drug-likeness (QED) is 0.873. The highest BCUT2D eigenvalue weighted by atomic mass is 35.5. The molecule has 2 aromatic rings. The summed E-state index contributed by atoms with van der Waals surface area (Å²) in [5.41, 5.74) is 9.62. The second-order valence-electron chi connectivity index (χ2n) is 4.04. The third-order valence-corrected chi connectivity index (χ3v) is 3.36. The lowest BCUT2D eigenvalue weighted by Gasteiger charge is -2.03. The molecular weight excluding hydrogens is 220 g/mol. The van der Waals surface area contributed by atoms with Crippen LogP contribution in [0.15, 0.2) is 18.2 Å². The van der Waals surface area contributed by atoms with Crippen LogP contribution in [-0.4, -0.2) is 11.1 Å². The standard InChI is InChI=1S/C13H17ClN2/c1-3-12-11(6-7-15)10-5-4-9(14)8-13(10)16(12)2/h4-5,8H,3,6-7,15H2,1-2H3. The van der Waals surface area contributed by atoms with Crippen molar-refractivity contribution in [3.05, 3.63) is 34.5 Å². The summed E-state index contributed by atoms with van der Waals surface area (Å²) in [6, 6.07) is 6.07. The maximum Gasteiger partial charge on any atom is 0.0497 e. The fraction of sp³-hybridized carbons (Fsp3) is 0.385. The Morgan fingerprint density at radius 1 is 1.38 bits per heavy atom. The first-order chi connectivity index (χ1) is 7.69. The fourth-order valence-corrected chi connectivity index (χ4v) is 2.58. The average molecular weight is 237 g/mol. The molecule has 0 saturated heterocycles. The van der Waals surface area contributed by atoms with Gasteiger partial charge in [-0.2, -0.15) is 0 Å². The molecule has 86 valence electrons. The molecule has 2 rings (SSSR count). The fourth-order valence-electron chi connectivity index (χ4n) is 2.41. The number of nitrogens with zero attached hydrogens (tertiary/aromatic N) is 1. The molecule has 1 aromatic heterocycles. The SMILES string of the molecule is CCc1c(CCN)c2ccc(Cl)cc2n1C. The van der Waals surface area contributed by atoms with Crippen molar-refractivity contribution in [2.24, 2.45) is 12.8 Å². The van der Waals surface area contributed by atoms with Crippen LogP contribution < -0.4 is 5.73 Å². The number of hydrogen-bond donors (Lipinski definition) is 1. The molecular formula is C13H17ClN2. The van der Waals surface area contributed by atoms with Gasteiger partial charge >= 0.3 is 0 Å². The van der Waals surface area contributed by atoms with E-state index in [2.05, 4.69) is 24.6 Å². The minimum atomic E-state index is 0.689. The van der Waals surface area contributed by atoms with E-state index in [1.54, 1.807) is 0 Å². The molecule has 16 heavy (non-hydrogen) atoms. The second kappa shape index (κ2) is 4.48. The van der Waals surface area contributed by atoms with Gasteiger partial charge in [0.2, 0.25) is 0 Å². The van der Waals surface area contributed by atoms with Crippen LogP contribution in [0.25, 0.3) is 10.9 Å². The Morgan fingerprint density at radius 3 is 2.75 bits per heavy atom. The summed E-state index contributed by atoms with van der Waals surface area (Å²) < 4.78 is 2.23. The third-order valence-electron chi connectivity index (χ3n) is 3.13. The van der Waals surface area contributed by atoms with Gasteiger partial charge < -0.3 is 10.3 Å². The Kier molecular flexibility index (Phi) is 3.22. The molecule has 0 saturated carbocycles. The van der Waals surface area contributed by atoms with E-state index < -0.39 is 0 Å². The van der Waals surface area contributed by atoms with Crippen LogP contribution in [-0.2, 0) is 19.9 Å². The highest BCUT2D eigenvalue weighted by Crippen LogP contribution is 2.28. The third kappa shape index (κ3) is 1.72. The van der Waals surface area contributed by atoms with E-state index in [4.69, 9.17) is 17.3 Å². The van der Waals surface area contributed by atoms with E-state index in [1.165, 1.54) is 22.2 Å². The van der Waals surface area contributed by atoms with Gasteiger partial charge in [0.1, 0.15) is 0 Å². The van der Waals surface area contributed by atoms with E-state index in [1.807, 2.05) is 12.1 Å². The Balaban J connectivity index is 2.75. The van der Waals surface area contributed by atoms with Crippen LogP contribution in [0.4, 0.5) is 0 Å². The lowest BCUT2D eigenvalue weighted by molar-refractivity contribution is 0.835. The first-order valence-corrected chi connectivity index (χ1v) is 6.02. The van der Waals surface area contributed by atoms with Gasteiger partial charge in [-0.1, -0.05) is 24.6 Å². The summed E-state index contributed by atoms with van der Waals surface area (Å²) in [5, 5.41) is 2.07. The van der Waals surface area contributed by atoms with Gasteiger partial charge in [-0.3, -0.25) is 0 Å². The first-order valence-electron chi connectivity index (χ1n) is 5.64. The van der Waals surface area contributed by atoms with Crippen LogP contribution in [0.3, 0.4) is 0 Å². The first kappa shape index (κ1) is 11.5. The molecule has 0 unspecified atom stereocenters. The number of aryl methyl sites for hydroxylation is 1. The van der Waals surface area contributed by atoms with E-state index in [0.717, 1.165) is 17.9 Å². The van der Waals surface area contributed by atoms with Crippen LogP contribution >= 0.6 is 11.6 Å². The molecule has 3 heteroatoms. The van der Waals surface area contributed by atoms with E-state index in [-0.39, 0.29) is 0 Å².